The van der Waals surface area contributed by atoms with Crippen molar-refractivity contribution in [3.63, 3.8) is 0 Å². The molecule has 0 fully saturated rings. The number of nitro benzene ring substituents is 1. The highest BCUT2D eigenvalue weighted by Gasteiger charge is 2.21. The number of benzene rings is 2. The van der Waals surface area contributed by atoms with E-state index in [9.17, 15) is 14.9 Å². The zero-order valence-corrected chi connectivity index (χ0v) is 17.9. The number of hydrogen-bond acceptors (Lipinski definition) is 7. The van der Waals surface area contributed by atoms with E-state index in [1.54, 1.807) is 10.3 Å². The van der Waals surface area contributed by atoms with E-state index < -0.39 is 4.92 Å². The second kappa shape index (κ2) is 8.91. The van der Waals surface area contributed by atoms with Crippen molar-refractivity contribution >= 4 is 33.8 Å². The summed E-state index contributed by atoms with van der Waals surface area (Å²) in [6, 6.07) is 9.92. The highest BCUT2D eigenvalue weighted by atomic mass is 32.1. The molecule has 2 aromatic carbocycles. The average molecular weight is 427 g/mol. The third-order valence-electron chi connectivity index (χ3n) is 4.60. The second-order valence-corrected chi connectivity index (χ2v) is 7.41. The molecule has 8 nitrogen and oxygen atoms in total. The van der Waals surface area contributed by atoms with E-state index in [1.165, 1.54) is 43.6 Å². The number of thiazole rings is 1. The minimum atomic E-state index is -0.498. The highest BCUT2D eigenvalue weighted by Crippen LogP contribution is 2.34. The van der Waals surface area contributed by atoms with Crippen LogP contribution in [0.3, 0.4) is 0 Å². The fourth-order valence-electron chi connectivity index (χ4n) is 2.89. The van der Waals surface area contributed by atoms with Gasteiger partial charge in [0.25, 0.3) is 5.69 Å². The van der Waals surface area contributed by atoms with Crippen molar-refractivity contribution < 1.29 is 19.2 Å². The SMILES string of the molecule is COc1ccc([N+](=O)[O-])cc1OCc1csc(N(C(C)=O)c2cccc(C)c2C)n1. The number of nitrogens with zero attached hydrogens (tertiary/aromatic N) is 3. The van der Waals surface area contributed by atoms with Crippen LogP contribution in [0.4, 0.5) is 16.5 Å². The van der Waals surface area contributed by atoms with Crippen molar-refractivity contribution in [2.24, 2.45) is 0 Å². The summed E-state index contributed by atoms with van der Waals surface area (Å²) < 4.78 is 10.9. The zero-order chi connectivity index (χ0) is 21.8. The van der Waals surface area contributed by atoms with E-state index >= 15 is 0 Å². The smallest absolute Gasteiger partial charge is 0.273 e. The van der Waals surface area contributed by atoms with Gasteiger partial charge in [-0.2, -0.15) is 0 Å². The molecule has 3 aromatic rings. The highest BCUT2D eigenvalue weighted by molar-refractivity contribution is 7.14. The van der Waals surface area contributed by atoms with Crippen LogP contribution in [-0.2, 0) is 11.4 Å². The van der Waals surface area contributed by atoms with Gasteiger partial charge in [-0.05, 0) is 37.1 Å². The number of non-ortho nitro benzene ring substituents is 1. The third kappa shape index (κ3) is 4.41. The molecule has 0 aliphatic heterocycles. The maximum atomic E-state index is 12.4. The number of aromatic nitrogens is 1. The Labute approximate surface area is 177 Å². The fourth-order valence-corrected chi connectivity index (χ4v) is 3.76. The van der Waals surface area contributed by atoms with Crippen LogP contribution < -0.4 is 14.4 Å². The summed E-state index contributed by atoms with van der Waals surface area (Å²) in [4.78, 5) is 29.0. The van der Waals surface area contributed by atoms with Gasteiger partial charge < -0.3 is 9.47 Å². The molecule has 0 bridgehead atoms. The van der Waals surface area contributed by atoms with Crippen LogP contribution >= 0.6 is 11.3 Å². The molecule has 0 atom stereocenters. The summed E-state index contributed by atoms with van der Waals surface area (Å²) in [6.45, 7) is 5.53. The van der Waals surface area contributed by atoms with Gasteiger partial charge in [-0.1, -0.05) is 12.1 Å². The average Bonchev–Trinajstić information content (AvgIpc) is 3.17. The monoisotopic (exact) mass is 427 g/mol. The Morgan fingerprint density at radius 2 is 2.00 bits per heavy atom. The largest absolute Gasteiger partial charge is 0.493 e. The molecule has 0 saturated carbocycles. The van der Waals surface area contributed by atoms with Gasteiger partial charge in [-0.3, -0.25) is 19.8 Å². The molecule has 0 spiro atoms. The first-order valence-electron chi connectivity index (χ1n) is 9.08. The number of methoxy groups -OCH3 is 1. The molecule has 1 amide bonds. The first kappa shape index (κ1) is 21.3. The zero-order valence-electron chi connectivity index (χ0n) is 17.0. The van der Waals surface area contributed by atoms with Gasteiger partial charge in [0.2, 0.25) is 5.91 Å². The predicted octanol–water partition coefficient (Wildman–Crippen LogP) is 4.94. The summed E-state index contributed by atoms with van der Waals surface area (Å²) in [7, 11) is 1.46. The Morgan fingerprint density at radius 1 is 1.23 bits per heavy atom. The van der Waals surface area contributed by atoms with Gasteiger partial charge in [0, 0.05) is 18.4 Å². The van der Waals surface area contributed by atoms with Crippen LogP contribution in [0.15, 0.2) is 41.8 Å². The molecule has 3 rings (SSSR count). The topological polar surface area (TPSA) is 94.8 Å². The van der Waals surface area contributed by atoms with E-state index in [0.717, 1.165) is 16.8 Å². The Bertz CT molecular complexity index is 1100. The summed E-state index contributed by atoms with van der Waals surface area (Å²) in [5.41, 5.74) is 3.37. The number of amides is 1. The summed E-state index contributed by atoms with van der Waals surface area (Å²) in [5, 5.41) is 13.3. The van der Waals surface area contributed by atoms with Gasteiger partial charge in [-0.25, -0.2) is 4.98 Å². The quantitative estimate of drug-likeness (QED) is 0.391. The fraction of sp³-hybridized carbons (Fsp3) is 0.238. The molecular formula is C21H21N3O5S. The lowest BCUT2D eigenvalue weighted by Gasteiger charge is -2.21. The van der Waals surface area contributed by atoms with Crippen molar-refractivity contribution in [3.8, 4) is 11.5 Å². The van der Waals surface area contributed by atoms with E-state index in [2.05, 4.69) is 4.98 Å². The molecule has 156 valence electrons. The van der Waals surface area contributed by atoms with E-state index in [4.69, 9.17) is 9.47 Å². The number of carbonyl (C=O) groups excluding carboxylic acids is 1. The molecule has 0 radical (unpaired) electrons. The summed E-state index contributed by atoms with van der Waals surface area (Å²) >= 11 is 1.32. The molecule has 1 heterocycles. The summed E-state index contributed by atoms with van der Waals surface area (Å²) in [6.07, 6.45) is 0. The van der Waals surface area contributed by atoms with Gasteiger partial charge in [0.1, 0.15) is 6.61 Å². The van der Waals surface area contributed by atoms with Crippen LogP contribution in [0.2, 0.25) is 0 Å². The van der Waals surface area contributed by atoms with E-state index in [-0.39, 0.29) is 24.0 Å². The molecule has 9 heteroatoms. The Hall–Kier alpha value is -3.46. The van der Waals surface area contributed by atoms with Gasteiger partial charge in [0.05, 0.1) is 29.5 Å². The van der Waals surface area contributed by atoms with Crippen LogP contribution in [0.25, 0.3) is 0 Å². The number of aryl methyl sites for hydroxylation is 1. The second-order valence-electron chi connectivity index (χ2n) is 6.58. The van der Waals surface area contributed by atoms with Gasteiger partial charge in [0.15, 0.2) is 16.6 Å². The lowest BCUT2D eigenvalue weighted by molar-refractivity contribution is -0.385. The normalized spacial score (nSPS) is 10.5. The molecule has 0 saturated heterocycles. The molecule has 0 aliphatic rings. The molecule has 0 unspecified atom stereocenters. The molecule has 0 N–H and O–H groups in total. The number of nitro groups is 1. The lowest BCUT2D eigenvalue weighted by Crippen LogP contribution is -2.23. The van der Waals surface area contributed by atoms with Gasteiger partial charge in [-0.15, -0.1) is 11.3 Å². The first-order valence-corrected chi connectivity index (χ1v) is 9.96. The van der Waals surface area contributed by atoms with Crippen molar-refractivity contribution in [2.45, 2.75) is 27.4 Å². The standard InChI is InChI=1S/C21H21N3O5S/c1-13-6-5-7-18(14(13)2)23(15(3)25)21-22-16(12-30-21)11-29-20-10-17(24(26)27)8-9-19(20)28-4/h5-10,12H,11H2,1-4H3. The molecule has 30 heavy (non-hydrogen) atoms. The summed E-state index contributed by atoms with van der Waals surface area (Å²) in [5.74, 6) is 0.488. The van der Waals surface area contributed by atoms with Crippen LogP contribution in [-0.4, -0.2) is 22.9 Å². The predicted molar refractivity (Wildman–Crippen MR) is 115 cm³/mol. The maximum Gasteiger partial charge on any atom is 0.273 e. The molecular weight excluding hydrogens is 406 g/mol. The Balaban J connectivity index is 1.84. The first-order chi connectivity index (χ1) is 14.3. The van der Waals surface area contributed by atoms with Crippen LogP contribution in [0.1, 0.15) is 23.7 Å². The number of hydrogen-bond donors (Lipinski definition) is 0. The lowest BCUT2D eigenvalue weighted by atomic mass is 10.1. The minimum Gasteiger partial charge on any atom is -0.493 e. The van der Waals surface area contributed by atoms with Crippen molar-refractivity contribution in [3.05, 3.63) is 68.7 Å². The van der Waals surface area contributed by atoms with Gasteiger partial charge >= 0.3 is 0 Å². The maximum absolute atomic E-state index is 12.4. The molecule has 1 aromatic heterocycles. The van der Waals surface area contributed by atoms with Crippen molar-refractivity contribution in [1.82, 2.24) is 4.98 Å². The minimum absolute atomic E-state index is 0.0760. The third-order valence-corrected chi connectivity index (χ3v) is 5.47. The van der Waals surface area contributed by atoms with Crippen LogP contribution in [0.5, 0.6) is 11.5 Å². The molecule has 0 aliphatic carbocycles. The van der Waals surface area contributed by atoms with E-state index in [0.29, 0.717) is 16.6 Å². The Morgan fingerprint density at radius 3 is 2.67 bits per heavy atom. The van der Waals surface area contributed by atoms with Crippen molar-refractivity contribution in [2.75, 3.05) is 12.0 Å². The van der Waals surface area contributed by atoms with E-state index in [1.807, 2.05) is 32.0 Å². The van der Waals surface area contributed by atoms with Crippen molar-refractivity contribution in [1.29, 1.82) is 0 Å². The number of ether oxygens (including phenoxy) is 2. The number of carbonyl (C=O) groups is 1. The number of anilines is 2. The Kier molecular flexibility index (Phi) is 6.31. The number of rotatable bonds is 7. The van der Waals surface area contributed by atoms with Crippen LogP contribution in [0, 0.1) is 24.0 Å².